The first-order valence-corrected chi connectivity index (χ1v) is 6.93. The molecule has 0 rings (SSSR count). The smallest absolute Gasteiger partial charge is 0.413 e. The molecule has 0 aromatic carbocycles. The van der Waals surface area contributed by atoms with Crippen molar-refractivity contribution < 1.29 is 42.9 Å². The van der Waals surface area contributed by atoms with Crippen molar-refractivity contribution in [2.45, 2.75) is 12.5 Å². The zero-order valence-corrected chi connectivity index (χ0v) is 9.70. The summed E-state index contributed by atoms with van der Waals surface area (Å²) in [5.41, 5.74) is 0. The van der Waals surface area contributed by atoms with Gasteiger partial charge in [-0.15, -0.1) is 0 Å². The lowest BCUT2D eigenvalue weighted by Crippen LogP contribution is -2.13. The maximum Gasteiger partial charge on any atom is 0.524 e. The van der Waals surface area contributed by atoms with Crippen molar-refractivity contribution in [1.82, 2.24) is 0 Å². The van der Waals surface area contributed by atoms with Crippen molar-refractivity contribution in [2.75, 3.05) is 6.61 Å². The number of hydrogen-bond acceptors (Lipinski definition) is 5. The van der Waals surface area contributed by atoms with Gasteiger partial charge in [0.25, 0.3) is 0 Å². The summed E-state index contributed by atoms with van der Waals surface area (Å²) >= 11 is 0. The molecule has 0 aliphatic rings. The van der Waals surface area contributed by atoms with Crippen LogP contribution in [0.2, 0.25) is 0 Å². The molecule has 11 heteroatoms. The van der Waals surface area contributed by atoms with E-state index in [1.165, 1.54) is 0 Å². The van der Waals surface area contributed by atoms with Crippen LogP contribution in [-0.2, 0) is 18.2 Å². The van der Waals surface area contributed by atoms with E-state index in [0.29, 0.717) is 6.26 Å². The monoisotopic (exact) mass is 278 g/mol. The molecule has 0 radical (unpaired) electrons. The van der Waals surface area contributed by atoms with E-state index < -0.39 is 28.4 Å². The first-order chi connectivity index (χ1) is 7.10. The summed E-state index contributed by atoms with van der Waals surface area (Å²) in [6.07, 6.45) is 0.401. The first-order valence-electron chi connectivity index (χ1n) is 3.87. The Balaban J connectivity index is 3.78. The van der Waals surface area contributed by atoms with Gasteiger partial charge < -0.3 is 19.4 Å². The van der Waals surface area contributed by atoms with Gasteiger partial charge in [0.1, 0.15) is 0 Å². The number of phosphoric ester groups is 2. The van der Waals surface area contributed by atoms with Crippen molar-refractivity contribution in [3.05, 3.63) is 12.3 Å². The van der Waals surface area contributed by atoms with Crippen molar-refractivity contribution in [3.8, 4) is 0 Å². The lowest BCUT2D eigenvalue weighted by molar-refractivity contribution is 0.0866. The van der Waals surface area contributed by atoms with Crippen LogP contribution in [0.25, 0.3) is 0 Å². The van der Waals surface area contributed by atoms with E-state index in [2.05, 4.69) is 9.05 Å². The second-order valence-electron chi connectivity index (χ2n) is 2.64. The Morgan fingerprint density at radius 2 is 1.69 bits per heavy atom. The molecule has 16 heavy (non-hydrogen) atoms. The molecule has 0 fully saturated rings. The molecule has 0 aromatic rings. The second-order valence-corrected chi connectivity index (χ2v) is 5.07. The predicted molar refractivity (Wildman–Crippen MR) is 50.9 cm³/mol. The van der Waals surface area contributed by atoms with Crippen molar-refractivity contribution in [2.24, 2.45) is 0 Å². The number of hydrogen-bond donors (Lipinski definition) is 5. The van der Waals surface area contributed by atoms with Crippen LogP contribution in [0.5, 0.6) is 0 Å². The molecule has 0 spiro atoms. The van der Waals surface area contributed by atoms with Crippen LogP contribution >= 0.6 is 15.6 Å². The Morgan fingerprint density at radius 1 is 1.12 bits per heavy atom. The highest BCUT2D eigenvalue weighted by Crippen LogP contribution is 2.36. The van der Waals surface area contributed by atoms with Crippen molar-refractivity contribution >= 4 is 15.6 Å². The fourth-order valence-electron chi connectivity index (χ4n) is 0.586. The first kappa shape index (κ1) is 15.8. The minimum absolute atomic E-state index is 0.139. The number of aliphatic hydroxyl groups excluding tert-OH is 1. The Labute approximate surface area is 90.8 Å². The average Bonchev–Trinajstić information content (AvgIpc) is 2.06. The van der Waals surface area contributed by atoms with Gasteiger partial charge in [-0.1, -0.05) is 0 Å². The standard InChI is InChI=1S/C5H12O9P2/c6-5(4-14-16(10,11)12)2-1-3-13-15(7,8)9/h1,3,5-6H,2,4H2,(H2,7,8,9)(H2,10,11,12)/b3-1+. The molecule has 1 unspecified atom stereocenters. The van der Waals surface area contributed by atoms with E-state index in [4.69, 9.17) is 24.7 Å². The maximum atomic E-state index is 10.2. The van der Waals surface area contributed by atoms with E-state index in [-0.39, 0.29) is 6.42 Å². The highest BCUT2D eigenvalue weighted by molar-refractivity contribution is 7.46. The van der Waals surface area contributed by atoms with E-state index in [1.807, 2.05) is 0 Å². The molecule has 0 aliphatic carbocycles. The molecule has 96 valence electrons. The SMILES string of the molecule is O=P(O)(O)O/C=C/CC(O)COP(=O)(O)O. The van der Waals surface area contributed by atoms with Gasteiger partial charge in [-0.05, 0) is 12.5 Å². The number of aliphatic hydroxyl groups is 1. The summed E-state index contributed by atoms with van der Waals surface area (Å²) in [4.78, 5) is 33.0. The molecule has 0 aliphatic heterocycles. The molecule has 1 atom stereocenters. The van der Waals surface area contributed by atoms with Gasteiger partial charge in [0, 0.05) is 0 Å². The normalized spacial score (nSPS) is 15.3. The minimum Gasteiger partial charge on any atom is -0.413 e. The molecule has 0 aromatic heterocycles. The van der Waals surface area contributed by atoms with Gasteiger partial charge in [0.15, 0.2) is 0 Å². The van der Waals surface area contributed by atoms with Gasteiger partial charge in [0.05, 0.1) is 19.0 Å². The molecule has 0 bridgehead atoms. The summed E-state index contributed by atoms with van der Waals surface area (Å²) in [6, 6.07) is 0. The third-order valence-electron chi connectivity index (χ3n) is 1.14. The number of rotatable bonds is 7. The van der Waals surface area contributed by atoms with Gasteiger partial charge in [-0.25, -0.2) is 9.13 Å². The van der Waals surface area contributed by atoms with E-state index in [9.17, 15) is 9.13 Å². The molecular formula is C5H12O9P2. The van der Waals surface area contributed by atoms with Crippen LogP contribution in [0.3, 0.4) is 0 Å². The fourth-order valence-corrected chi connectivity index (χ4v) is 1.20. The Morgan fingerprint density at radius 3 is 2.12 bits per heavy atom. The van der Waals surface area contributed by atoms with E-state index in [1.54, 1.807) is 0 Å². The van der Waals surface area contributed by atoms with Gasteiger partial charge in [-0.3, -0.25) is 14.3 Å². The zero-order valence-electron chi connectivity index (χ0n) is 7.91. The highest BCUT2D eigenvalue weighted by Gasteiger charge is 2.16. The minimum atomic E-state index is -4.63. The zero-order chi connectivity index (χ0) is 12.8. The van der Waals surface area contributed by atoms with Crippen molar-refractivity contribution in [3.63, 3.8) is 0 Å². The highest BCUT2D eigenvalue weighted by atomic mass is 31.2. The number of phosphoric acid groups is 2. The third-order valence-corrected chi connectivity index (χ3v) is 2.02. The molecule has 0 heterocycles. The van der Waals surface area contributed by atoms with Crippen LogP contribution in [0.4, 0.5) is 0 Å². The fraction of sp³-hybridized carbons (Fsp3) is 0.600. The average molecular weight is 278 g/mol. The predicted octanol–water partition coefficient (Wildman–Crippen LogP) is -0.530. The van der Waals surface area contributed by atoms with Gasteiger partial charge in [-0.2, -0.15) is 0 Å². The molecule has 5 N–H and O–H groups in total. The van der Waals surface area contributed by atoms with E-state index in [0.717, 1.165) is 6.08 Å². The molecule has 0 saturated carbocycles. The van der Waals surface area contributed by atoms with Crippen LogP contribution < -0.4 is 0 Å². The Kier molecular flexibility index (Phi) is 6.39. The summed E-state index contributed by atoms with van der Waals surface area (Å²) in [6.45, 7) is -0.607. The maximum absolute atomic E-state index is 10.2. The second kappa shape index (κ2) is 6.48. The molecule has 0 saturated heterocycles. The van der Waals surface area contributed by atoms with E-state index >= 15 is 0 Å². The van der Waals surface area contributed by atoms with Crippen LogP contribution in [-0.4, -0.2) is 37.4 Å². The third kappa shape index (κ3) is 11.8. The summed E-state index contributed by atoms with van der Waals surface area (Å²) in [5.74, 6) is 0. The van der Waals surface area contributed by atoms with Gasteiger partial charge in [0.2, 0.25) is 0 Å². The largest absolute Gasteiger partial charge is 0.524 e. The molecule has 9 nitrogen and oxygen atoms in total. The summed E-state index contributed by atoms with van der Waals surface area (Å²) in [5, 5.41) is 9.07. The summed E-state index contributed by atoms with van der Waals surface area (Å²) < 4.78 is 28.3. The Hall–Kier alpha value is -0.240. The van der Waals surface area contributed by atoms with Gasteiger partial charge >= 0.3 is 15.6 Å². The van der Waals surface area contributed by atoms with Crippen LogP contribution in [0, 0.1) is 0 Å². The lowest BCUT2D eigenvalue weighted by Gasteiger charge is -2.09. The lowest BCUT2D eigenvalue weighted by atomic mass is 10.3. The molecular weight excluding hydrogens is 266 g/mol. The Bertz CT molecular complexity index is 314. The molecule has 0 amide bonds. The summed E-state index contributed by atoms with van der Waals surface area (Å²) in [7, 11) is -9.22. The van der Waals surface area contributed by atoms with Crippen LogP contribution in [0.15, 0.2) is 12.3 Å². The topological polar surface area (TPSA) is 154 Å². The van der Waals surface area contributed by atoms with Crippen LogP contribution in [0.1, 0.15) is 6.42 Å². The quantitative estimate of drug-likeness (QED) is 0.305. The van der Waals surface area contributed by atoms with Crippen molar-refractivity contribution in [1.29, 1.82) is 0 Å².